The molecular weight excluding hydrogens is 204 g/mol. The van der Waals surface area contributed by atoms with Gasteiger partial charge in [-0.1, -0.05) is 12.8 Å². The van der Waals surface area contributed by atoms with Crippen LogP contribution in [0.3, 0.4) is 0 Å². The van der Waals surface area contributed by atoms with E-state index in [9.17, 15) is 4.79 Å². The zero-order valence-corrected chi connectivity index (χ0v) is 10.2. The second-order valence-corrected chi connectivity index (χ2v) is 4.41. The van der Waals surface area contributed by atoms with Crippen molar-refractivity contribution in [2.45, 2.75) is 25.7 Å². The quantitative estimate of drug-likeness (QED) is 0.423. The molecule has 0 saturated heterocycles. The van der Waals surface area contributed by atoms with Crippen molar-refractivity contribution in [2.75, 3.05) is 27.2 Å². The minimum absolute atomic E-state index is 0.0883. The molecule has 0 aromatic carbocycles. The Morgan fingerprint density at radius 2 is 2.06 bits per heavy atom. The van der Waals surface area contributed by atoms with Crippen molar-refractivity contribution < 1.29 is 4.79 Å². The van der Waals surface area contributed by atoms with Crippen LogP contribution in [0.4, 0.5) is 4.79 Å². The number of urea groups is 1. The summed E-state index contributed by atoms with van der Waals surface area (Å²) in [6.07, 6.45) is 4.86. The van der Waals surface area contributed by atoms with Gasteiger partial charge in [-0.05, 0) is 12.8 Å². The van der Waals surface area contributed by atoms with Gasteiger partial charge in [0.05, 0.1) is 12.4 Å². The van der Waals surface area contributed by atoms with Gasteiger partial charge in [-0.2, -0.15) is 0 Å². The second kappa shape index (κ2) is 6.35. The van der Waals surface area contributed by atoms with Gasteiger partial charge < -0.3 is 16.0 Å². The van der Waals surface area contributed by atoms with Crippen LogP contribution in [0.25, 0.3) is 0 Å². The lowest BCUT2D eigenvalue weighted by Gasteiger charge is -2.11. The first-order valence-corrected chi connectivity index (χ1v) is 5.86. The maximum Gasteiger partial charge on any atom is 0.316 e. The zero-order valence-electron chi connectivity index (χ0n) is 10.2. The molecule has 0 spiro atoms. The topological polar surface area (TPSA) is 70.7 Å². The van der Waals surface area contributed by atoms with Crippen molar-refractivity contribution in [3.8, 4) is 0 Å². The summed E-state index contributed by atoms with van der Waals surface area (Å²) in [5.41, 5.74) is 5.88. The van der Waals surface area contributed by atoms with Crippen molar-refractivity contribution >= 4 is 11.9 Å². The van der Waals surface area contributed by atoms with Crippen molar-refractivity contribution in [3.05, 3.63) is 0 Å². The van der Waals surface area contributed by atoms with Crippen molar-refractivity contribution in [2.24, 2.45) is 16.6 Å². The molecular formula is C11H22N4O. The lowest BCUT2D eigenvalue weighted by molar-refractivity contribution is 0.218. The Labute approximate surface area is 97.1 Å². The number of nitrogens with zero attached hydrogens (tertiary/aromatic N) is 2. The third-order valence-electron chi connectivity index (χ3n) is 2.86. The summed E-state index contributed by atoms with van der Waals surface area (Å²) < 4.78 is 0. The smallest absolute Gasteiger partial charge is 0.316 e. The monoisotopic (exact) mass is 226 g/mol. The van der Waals surface area contributed by atoms with Gasteiger partial charge in [-0.15, -0.1) is 0 Å². The number of aliphatic imine (C=N–C) groups is 1. The van der Waals surface area contributed by atoms with Gasteiger partial charge in [0.25, 0.3) is 0 Å². The van der Waals surface area contributed by atoms with E-state index in [4.69, 9.17) is 5.73 Å². The fourth-order valence-electron chi connectivity index (χ4n) is 1.86. The van der Waals surface area contributed by atoms with E-state index in [1.807, 2.05) is 0 Å². The number of nitrogens with two attached hydrogens (primary N) is 1. The molecule has 1 aliphatic rings. The van der Waals surface area contributed by atoms with Crippen molar-refractivity contribution in [1.29, 1.82) is 0 Å². The first-order chi connectivity index (χ1) is 7.61. The lowest BCUT2D eigenvalue weighted by Crippen LogP contribution is -2.36. The highest BCUT2D eigenvalue weighted by Gasteiger charge is 2.17. The van der Waals surface area contributed by atoms with E-state index in [0.717, 1.165) is 5.84 Å². The van der Waals surface area contributed by atoms with Crippen LogP contribution in [0.2, 0.25) is 0 Å². The van der Waals surface area contributed by atoms with Crippen molar-refractivity contribution in [3.63, 3.8) is 0 Å². The number of carbonyl (C=O) groups excluding carboxylic acids is 1. The standard InChI is InChI=1S/C11H22N4O/c1-15(2)11(16)14-8-7-13-10(12)9-5-3-4-6-9/h9H,3-8H2,1-2H3,(H2,12,13)(H,14,16). The summed E-state index contributed by atoms with van der Waals surface area (Å²) in [7, 11) is 3.43. The largest absolute Gasteiger partial charge is 0.387 e. The molecule has 5 heteroatoms. The predicted octanol–water partition coefficient (Wildman–Crippen LogP) is 0.805. The van der Waals surface area contributed by atoms with Gasteiger partial charge in [0.1, 0.15) is 0 Å². The van der Waals surface area contributed by atoms with E-state index in [-0.39, 0.29) is 6.03 Å². The fraction of sp³-hybridized carbons (Fsp3) is 0.818. The van der Waals surface area contributed by atoms with Gasteiger partial charge >= 0.3 is 6.03 Å². The minimum Gasteiger partial charge on any atom is -0.387 e. The van der Waals surface area contributed by atoms with E-state index in [0.29, 0.717) is 19.0 Å². The van der Waals surface area contributed by atoms with Gasteiger partial charge in [0.2, 0.25) is 0 Å². The highest BCUT2D eigenvalue weighted by molar-refractivity contribution is 5.83. The Balaban J connectivity index is 2.18. The van der Waals surface area contributed by atoms with Crippen LogP contribution in [0.15, 0.2) is 4.99 Å². The summed E-state index contributed by atoms with van der Waals surface area (Å²) in [5.74, 6) is 1.24. The summed E-state index contributed by atoms with van der Waals surface area (Å²) in [4.78, 5) is 17.0. The normalized spacial score (nSPS) is 17.5. The molecule has 1 saturated carbocycles. The Hall–Kier alpha value is -1.26. The number of rotatable bonds is 4. The number of carbonyl (C=O) groups is 1. The molecule has 0 aliphatic heterocycles. The molecule has 0 aromatic heterocycles. The van der Waals surface area contributed by atoms with E-state index >= 15 is 0 Å². The minimum atomic E-state index is -0.0883. The lowest BCUT2D eigenvalue weighted by atomic mass is 10.1. The van der Waals surface area contributed by atoms with Crippen LogP contribution < -0.4 is 11.1 Å². The van der Waals surface area contributed by atoms with E-state index in [2.05, 4.69) is 10.3 Å². The fourth-order valence-corrected chi connectivity index (χ4v) is 1.86. The second-order valence-electron chi connectivity index (χ2n) is 4.41. The summed E-state index contributed by atoms with van der Waals surface area (Å²) in [6.45, 7) is 1.12. The van der Waals surface area contributed by atoms with Gasteiger partial charge in [0, 0.05) is 26.6 Å². The Morgan fingerprint density at radius 3 is 2.62 bits per heavy atom. The molecule has 2 amide bonds. The summed E-state index contributed by atoms with van der Waals surface area (Å²) in [5, 5.41) is 2.75. The third kappa shape index (κ3) is 4.08. The molecule has 1 rings (SSSR count). The molecule has 0 bridgehead atoms. The average Bonchev–Trinajstić information content (AvgIpc) is 2.76. The van der Waals surface area contributed by atoms with E-state index in [1.54, 1.807) is 14.1 Å². The van der Waals surface area contributed by atoms with Gasteiger partial charge in [-0.3, -0.25) is 4.99 Å². The molecule has 0 aromatic rings. The van der Waals surface area contributed by atoms with E-state index < -0.39 is 0 Å². The summed E-state index contributed by atoms with van der Waals surface area (Å²) in [6, 6.07) is -0.0883. The SMILES string of the molecule is CN(C)C(=O)NCCN=C(N)C1CCCC1. The molecule has 3 N–H and O–H groups in total. The number of amides is 2. The van der Waals surface area contributed by atoms with Crippen LogP contribution in [-0.4, -0.2) is 44.0 Å². The molecule has 0 heterocycles. The molecule has 0 atom stereocenters. The van der Waals surface area contributed by atoms with Gasteiger partial charge in [0.15, 0.2) is 0 Å². The zero-order chi connectivity index (χ0) is 12.0. The van der Waals surface area contributed by atoms with Crippen molar-refractivity contribution in [1.82, 2.24) is 10.2 Å². The maximum absolute atomic E-state index is 11.2. The predicted molar refractivity (Wildman–Crippen MR) is 65.5 cm³/mol. The van der Waals surface area contributed by atoms with Gasteiger partial charge in [-0.25, -0.2) is 4.79 Å². The molecule has 1 fully saturated rings. The van der Waals surface area contributed by atoms with Crippen LogP contribution in [-0.2, 0) is 0 Å². The maximum atomic E-state index is 11.2. The summed E-state index contributed by atoms with van der Waals surface area (Å²) >= 11 is 0. The number of hydrogen-bond acceptors (Lipinski definition) is 2. The third-order valence-corrected chi connectivity index (χ3v) is 2.86. The number of hydrogen-bond donors (Lipinski definition) is 2. The van der Waals surface area contributed by atoms with Crippen LogP contribution in [0.5, 0.6) is 0 Å². The molecule has 16 heavy (non-hydrogen) atoms. The van der Waals surface area contributed by atoms with Crippen LogP contribution in [0, 0.1) is 5.92 Å². The Morgan fingerprint density at radius 1 is 1.44 bits per heavy atom. The molecule has 5 nitrogen and oxygen atoms in total. The first kappa shape index (κ1) is 12.8. The highest BCUT2D eigenvalue weighted by Crippen LogP contribution is 2.24. The highest BCUT2D eigenvalue weighted by atomic mass is 16.2. The molecule has 1 aliphatic carbocycles. The van der Waals surface area contributed by atoms with E-state index in [1.165, 1.54) is 30.6 Å². The van der Waals surface area contributed by atoms with Crippen LogP contribution >= 0.6 is 0 Å². The molecule has 0 unspecified atom stereocenters. The molecule has 0 radical (unpaired) electrons. The average molecular weight is 226 g/mol. The Kier molecular flexibility index (Phi) is 5.08. The number of amidine groups is 1. The Bertz CT molecular complexity index is 257. The first-order valence-electron chi connectivity index (χ1n) is 5.86. The van der Waals surface area contributed by atoms with Crippen LogP contribution in [0.1, 0.15) is 25.7 Å². The molecule has 92 valence electrons. The number of nitrogens with one attached hydrogen (secondary N) is 1.